The Hall–Kier alpha value is -2.37. The highest BCUT2D eigenvalue weighted by Crippen LogP contribution is 2.18. The maximum atomic E-state index is 11.3. The van der Waals surface area contributed by atoms with Crippen LogP contribution in [0.4, 0.5) is 10.5 Å². The second kappa shape index (κ2) is 3.65. The van der Waals surface area contributed by atoms with E-state index < -0.39 is 11.9 Å². The van der Waals surface area contributed by atoms with E-state index >= 15 is 0 Å². The molecule has 1 aliphatic heterocycles. The third kappa shape index (κ3) is 1.72. The van der Waals surface area contributed by atoms with E-state index in [1.807, 2.05) is 0 Å². The first-order valence-electron chi connectivity index (χ1n) is 4.59. The minimum atomic E-state index is -0.576. The number of anilines is 1. The molecule has 1 saturated heterocycles. The fraction of sp³-hybridized carbons (Fsp3) is 0.100. The summed E-state index contributed by atoms with van der Waals surface area (Å²) < 4.78 is 0. The van der Waals surface area contributed by atoms with Crippen molar-refractivity contribution in [1.82, 2.24) is 5.32 Å². The fourth-order valence-corrected chi connectivity index (χ4v) is 1.48. The number of carbonyl (C=O) groups excluding carboxylic acids is 3. The zero-order valence-electron chi connectivity index (χ0n) is 8.27. The van der Waals surface area contributed by atoms with Crippen LogP contribution in [0.5, 0.6) is 0 Å². The summed E-state index contributed by atoms with van der Waals surface area (Å²) >= 11 is 0. The number of imide groups is 1. The Labute approximate surface area is 91.0 Å². The van der Waals surface area contributed by atoms with Crippen molar-refractivity contribution in [3.8, 4) is 0 Å². The van der Waals surface area contributed by atoms with Gasteiger partial charge in [0.25, 0.3) is 0 Å². The van der Waals surface area contributed by atoms with Gasteiger partial charge in [0, 0.05) is 11.3 Å². The highest BCUT2D eigenvalue weighted by Gasteiger charge is 2.28. The molecule has 1 aliphatic rings. The lowest BCUT2D eigenvalue weighted by atomic mass is 10.2. The summed E-state index contributed by atoms with van der Waals surface area (Å²) in [4.78, 5) is 34.5. The number of amides is 4. The molecule has 0 atom stereocenters. The zero-order valence-corrected chi connectivity index (χ0v) is 8.27. The summed E-state index contributed by atoms with van der Waals surface area (Å²) in [5.41, 5.74) is 5.89. The van der Waals surface area contributed by atoms with Gasteiger partial charge in [-0.05, 0) is 18.2 Å². The molecule has 0 unspecified atom stereocenters. The molecule has 0 aromatic heterocycles. The Balaban J connectivity index is 2.34. The largest absolute Gasteiger partial charge is 0.366 e. The van der Waals surface area contributed by atoms with E-state index in [4.69, 9.17) is 5.73 Å². The van der Waals surface area contributed by atoms with Gasteiger partial charge in [-0.3, -0.25) is 19.8 Å². The molecular formula is C10H9N3O3. The lowest BCUT2D eigenvalue weighted by Crippen LogP contribution is -2.28. The number of hydrogen-bond donors (Lipinski definition) is 2. The second-order valence-electron chi connectivity index (χ2n) is 3.35. The van der Waals surface area contributed by atoms with Crippen molar-refractivity contribution >= 4 is 23.5 Å². The standard InChI is InChI=1S/C10H9N3O3/c11-9(15)6-2-1-3-7(4-6)13-5-8(14)12-10(13)16/h1-4H,5H2,(H2,11,15)(H,12,14,16). The first kappa shape index (κ1) is 10.2. The van der Waals surface area contributed by atoms with Crippen molar-refractivity contribution in [2.45, 2.75) is 0 Å². The molecular weight excluding hydrogens is 210 g/mol. The van der Waals surface area contributed by atoms with Crippen LogP contribution in [-0.2, 0) is 4.79 Å². The van der Waals surface area contributed by atoms with Crippen LogP contribution in [-0.4, -0.2) is 24.4 Å². The van der Waals surface area contributed by atoms with Crippen LogP contribution in [0, 0.1) is 0 Å². The zero-order chi connectivity index (χ0) is 11.7. The molecule has 2 rings (SSSR count). The van der Waals surface area contributed by atoms with Crippen LogP contribution in [0.25, 0.3) is 0 Å². The number of benzene rings is 1. The predicted octanol–water partition coefficient (Wildman–Crippen LogP) is -0.158. The van der Waals surface area contributed by atoms with Gasteiger partial charge in [-0.2, -0.15) is 0 Å². The highest BCUT2D eigenvalue weighted by atomic mass is 16.2. The molecule has 1 fully saturated rings. The molecule has 16 heavy (non-hydrogen) atoms. The van der Waals surface area contributed by atoms with Crippen molar-refractivity contribution in [2.75, 3.05) is 11.4 Å². The average molecular weight is 219 g/mol. The quantitative estimate of drug-likeness (QED) is 0.677. The lowest BCUT2D eigenvalue weighted by Gasteiger charge is -2.13. The van der Waals surface area contributed by atoms with Gasteiger partial charge in [0.05, 0.1) is 0 Å². The smallest absolute Gasteiger partial charge is 0.329 e. The van der Waals surface area contributed by atoms with Gasteiger partial charge < -0.3 is 5.73 Å². The Morgan fingerprint density at radius 1 is 1.38 bits per heavy atom. The van der Waals surface area contributed by atoms with Gasteiger partial charge in [0.1, 0.15) is 6.54 Å². The molecule has 1 aromatic rings. The minimum absolute atomic E-state index is 0.0406. The summed E-state index contributed by atoms with van der Waals surface area (Å²) in [5.74, 6) is -0.942. The molecule has 0 aliphatic carbocycles. The summed E-state index contributed by atoms with van der Waals surface area (Å²) in [6.07, 6.45) is 0. The van der Waals surface area contributed by atoms with Crippen LogP contribution < -0.4 is 16.0 Å². The summed E-state index contributed by atoms with van der Waals surface area (Å²) in [5, 5.41) is 2.15. The summed E-state index contributed by atoms with van der Waals surface area (Å²) in [6.45, 7) is -0.0406. The van der Waals surface area contributed by atoms with Gasteiger partial charge in [0.15, 0.2) is 0 Å². The molecule has 0 radical (unpaired) electrons. The number of rotatable bonds is 2. The van der Waals surface area contributed by atoms with Crippen molar-refractivity contribution in [1.29, 1.82) is 0 Å². The monoisotopic (exact) mass is 219 g/mol. The van der Waals surface area contributed by atoms with Crippen molar-refractivity contribution < 1.29 is 14.4 Å². The van der Waals surface area contributed by atoms with Crippen molar-refractivity contribution in [3.05, 3.63) is 29.8 Å². The molecule has 82 valence electrons. The van der Waals surface area contributed by atoms with Crippen LogP contribution in [0.2, 0.25) is 0 Å². The van der Waals surface area contributed by atoms with E-state index in [1.165, 1.54) is 11.0 Å². The molecule has 1 aromatic carbocycles. The fourth-order valence-electron chi connectivity index (χ4n) is 1.48. The van der Waals surface area contributed by atoms with Gasteiger partial charge in [-0.15, -0.1) is 0 Å². The first-order chi connectivity index (χ1) is 7.58. The Bertz CT molecular complexity index is 484. The second-order valence-corrected chi connectivity index (χ2v) is 3.35. The van der Waals surface area contributed by atoms with Gasteiger partial charge in [-0.25, -0.2) is 4.79 Å². The number of nitrogens with zero attached hydrogens (tertiary/aromatic N) is 1. The van der Waals surface area contributed by atoms with E-state index in [-0.39, 0.29) is 12.5 Å². The average Bonchev–Trinajstić information content (AvgIpc) is 2.58. The number of nitrogens with two attached hydrogens (primary N) is 1. The van der Waals surface area contributed by atoms with Crippen LogP contribution in [0.1, 0.15) is 10.4 Å². The summed E-state index contributed by atoms with van der Waals surface area (Å²) in [7, 11) is 0. The minimum Gasteiger partial charge on any atom is -0.366 e. The molecule has 0 bridgehead atoms. The van der Waals surface area contributed by atoms with Gasteiger partial charge >= 0.3 is 6.03 Å². The van der Waals surface area contributed by atoms with Gasteiger partial charge in [-0.1, -0.05) is 6.07 Å². The molecule has 4 amide bonds. The number of hydrogen-bond acceptors (Lipinski definition) is 3. The number of primary amides is 1. The SMILES string of the molecule is NC(=O)c1cccc(N2CC(=O)NC2=O)c1. The Kier molecular flexibility index (Phi) is 2.32. The third-order valence-electron chi connectivity index (χ3n) is 2.24. The first-order valence-corrected chi connectivity index (χ1v) is 4.59. The number of nitrogens with one attached hydrogen (secondary N) is 1. The Morgan fingerprint density at radius 2 is 2.12 bits per heavy atom. The van der Waals surface area contributed by atoms with E-state index in [0.29, 0.717) is 11.3 Å². The van der Waals surface area contributed by atoms with Crippen molar-refractivity contribution in [2.24, 2.45) is 5.73 Å². The highest BCUT2D eigenvalue weighted by molar-refractivity contribution is 6.12. The lowest BCUT2D eigenvalue weighted by molar-refractivity contribution is -0.117. The van der Waals surface area contributed by atoms with Crippen LogP contribution in [0.15, 0.2) is 24.3 Å². The Morgan fingerprint density at radius 3 is 2.69 bits per heavy atom. The van der Waals surface area contributed by atoms with E-state index in [9.17, 15) is 14.4 Å². The number of urea groups is 1. The van der Waals surface area contributed by atoms with Crippen LogP contribution in [0.3, 0.4) is 0 Å². The van der Waals surface area contributed by atoms with Crippen molar-refractivity contribution in [3.63, 3.8) is 0 Å². The van der Waals surface area contributed by atoms with E-state index in [2.05, 4.69) is 5.32 Å². The van der Waals surface area contributed by atoms with E-state index in [0.717, 1.165) is 0 Å². The molecule has 3 N–H and O–H groups in total. The topological polar surface area (TPSA) is 92.5 Å². The van der Waals surface area contributed by atoms with Gasteiger partial charge in [0.2, 0.25) is 11.8 Å². The van der Waals surface area contributed by atoms with Crippen LogP contribution >= 0.6 is 0 Å². The number of carbonyl (C=O) groups is 3. The third-order valence-corrected chi connectivity index (χ3v) is 2.24. The molecule has 6 heteroatoms. The molecule has 6 nitrogen and oxygen atoms in total. The maximum absolute atomic E-state index is 11.3. The maximum Gasteiger partial charge on any atom is 0.329 e. The molecule has 1 heterocycles. The normalized spacial score (nSPS) is 15.1. The molecule has 0 saturated carbocycles. The molecule has 0 spiro atoms. The van der Waals surface area contributed by atoms with E-state index in [1.54, 1.807) is 18.2 Å². The summed E-state index contributed by atoms with van der Waals surface area (Å²) in [6, 6.07) is 5.75. The predicted molar refractivity (Wildman–Crippen MR) is 55.8 cm³/mol.